The average Bonchev–Trinajstić information content (AvgIpc) is 2.61. The van der Waals surface area contributed by atoms with Gasteiger partial charge in [-0.3, -0.25) is 4.79 Å². The van der Waals surface area contributed by atoms with Crippen LogP contribution in [0.3, 0.4) is 0 Å². The van der Waals surface area contributed by atoms with Gasteiger partial charge in [0.15, 0.2) is 0 Å². The summed E-state index contributed by atoms with van der Waals surface area (Å²) in [4.78, 5) is 12.1. The lowest BCUT2D eigenvalue weighted by atomic mass is 10.0. The van der Waals surface area contributed by atoms with Gasteiger partial charge in [0, 0.05) is 12.1 Å². The molecule has 0 aliphatic heterocycles. The van der Waals surface area contributed by atoms with Crippen LogP contribution in [0.25, 0.3) is 10.8 Å². The van der Waals surface area contributed by atoms with Crippen LogP contribution in [0.4, 0.5) is 13.2 Å². The van der Waals surface area contributed by atoms with E-state index < -0.39 is 12.3 Å². The van der Waals surface area contributed by atoms with Crippen LogP contribution in [0.15, 0.2) is 60.7 Å². The maximum Gasteiger partial charge on any atom is 0.573 e. The van der Waals surface area contributed by atoms with Crippen LogP contribution in [0.1, 0.15) is 15.9 Å². The number of carbonyl (C=O) groups is 1. The van der Waals surface area contributed by atoms with Gasteiger partial charge in [0.1, 0.15) is 11.5 Å². The highest BCUT2D eigenvalue weighted by Crippen LogP contribution is 2.24. The van der Waals surface area contributed by atoms with Gasteiger partial charge in [-0.2, -0.15) is 0 Å². The zero-order valence-electron chi connectivity index (χ0n) is 14.1. The van der Waals surface area contributed by atoms with Crippen molar-refractivity contribution in [3.05, 3.63) is 71.8 Å². The molecule has 0 atom stereocenters. The number of alkyl halides is 3. The number of amides is 1. The van der Waals surface area contributed by atoms with Gasteiger partial charge in [-0.25, -0.2) is 0 Å². The second-order valence-corrected chi connectivity index (χ2v) is 5.90. The maximum absolute atomic E-state index is 12.1. The van der Waals surface area contributed by atoms with Gasteiger partial charge in [0.2, 0.25) is 0 Å². The van der Waals surface area contributed by atoms with Crippen LogP contribution in [-0.4, -0.2) is 23.9 Å². The Bertz CT molecular complexity index is 953. The van der Waals surface area contributed by atoms with Crippen LogP contribution < -0.4 is 10.1 Å². The number of rotatable bonds is 5. The molecule has 0 aromatic heterocycles. The third kappa shape index (κ3) is 4.91. The topological polar surface area (TPSA) is 58.6 Å². The first-order valence-electron chi connectivity index (χ1n) is 8.16. The van der Waals surface area contributed by atoms with Crippen molar-refractivity contribution in [1.82, 2.24) is 5.32 Å². The molecule has 3 aromatic rings. The molecule has 2 N–H and O–H groups in total. The highest BCUT2D eigenvalue weighted by molar-refractivity contribution is 5.94. The SMILES string of the molecule is O=C(NCCc1cccc2ccc(O)cc12)c1ccc(OC(F)(F)F)cc1. The first-order chi connectivity index (χ1) is 12.8. The molecule has 0 saturated carbocycles. The lowest BCUT2D eigenvalue weighted by Gasteiger charge is -2.10. The zero-order valence-corrected chi connectivity index (χ0v) is 14.1. The second kappa shape index (κ2) is 7.57. The molecule has 7 heteroatoms. The number of fused-ring (bicyclic) bond motifs is 1. The summed E-state index contributed by atoms with van der Waals surface area (Å²) >= 11 is 0. The number of carbonyl (C=O) groups excluding carboxylic acids is 1. The average molecular weight is 375 g/mol. The summed E-state index contributed by atoms with van der Waals surface area (Å²) in [7, 11) is 0. The summed E-state index contributed by atoms with van der Waals surface area (Å²) in [6.45, 7) is 0.342. The number of benzene rings is 3. The maximum atomic E-state index is 12.1. The number of ether oxygens (including phenoxy) is 1. The summed E-state index contributed by atoms with van der Waals surface area (Å²) in [5.41, 5.74) is 1.21. The number of halogens is 3. The predicted molar refractivity (Wildman–Crippen MR) is 94.8 cm³/mol. The van der Waals surface area contributed by atoms with Gasteiger partial charge in [0.25, 0.3) is 5.91 Å². The number of hydrogen-bond acceptors (Lipinski definition) is 3. The molecule has 0 fully saturated rings. The minimum Gasteiger partial charge on any atom is -0.508 e. The van der Waals surface area contributed by atoms with E-state index in [0.29, 0.717) is 13.0 Å². The Labute approximate surface area is 153 Å². The monoisotopic (exact) mass is 375 g/mol. The summed E-state index contributed by atoms with van der Waals surface area (Å²) in [6.07, 6.45) is -4.22. The Morgan fingerprint density at radius 1 is 1.04 bits per heavy atom. The largest absolute Gasteiger partial charge is 0.573 e. The highest BCUT2D eigenvalue weighted by atomic mass is 19.4. The standard InChI is InChI=1S/C20H16F3NO3/c21-20(22,23)27-17-8-5-15(6-9-17)19(26)24-11-10-14-3-1-2-13-4-7-16(25)12-18(13)14/h1-9,12,25H,10-11H2,(H,24,26). The summed E-state index contributed by atoms with van der Waals surface area (Å²) < 4.78 is 40.2. The van der Waals surface area contributed by atoms with Crippen molar-refractivity contribution in [2.24, 2.45) is 0 Å². The molecular weight excluding hydrogens is 359 g/mol. The quantitative estimate of drug-likeness (QED) is 0.694. The fourth-order valence-electron chi connectivity index (χ4n) is 2.76. The number of aromatic hydroxyl groups is 1. The normalized spacial score (nSPS) is 11.4. The summed E-state index contributed by atoms with van der Waals surface area (Å²) in [5.74, 6) is -0.605. The molecule has 3 rings (SSSR count). The molecule has 27 heavy (non-hydrogen) atoms. The second-order valence-electron chi connectivity index (χ2n) is 5.90. The smallest absolute Gasteiger partial charge is 0.508 e. The van der Waals surface area contributed by atoms with Crippen molar-refractivity contribution >= 4 is 16.7 Å². The van der Waals surface area contributed by atoms with Gasteiger partial charge >= 0.3 is 6.36 Å². The van der Waals surface area contributed by atoms with Crippen LogP contribution in [0.5, 0.6) is 11.5 Å². The molecule has 0 spiro atoms. The molecule has 4 nitrogen and oxygen atoms in total. The third-order valence-electron chi connectivity index (χ3n) is 3.99. The van der Waals surface area contributed by atoms with Gasteiger partial charge in [-0.1, -0.05) is 24.3 Å². The Hall–Kier alpha value is -3.22. The van der Waals surface area contributed by atoms with E-state index >= 15 is 0 Å². The van der Waals surface area contributed by atoms with E-state index in [1.807, 2.05) is 24.3 Å². The Balaban J connectivity index is 1.61. The molecule has 0 saturated heterocycles. The molecule has 0 aliphatic carbocycles. The van der Waals surface area contributed by atoms with E-state index in [1.54, 1.807) is 12.1 Å². The van der Waals surface area contributed by atoms with E-state index in [-0.39, 0.29) is 17.1 Å². The van der Waals surface area contributed by atoms with Gasteiger partial charge in [-0.05, 0) is 59.2 Å². The molecule has 0 aliphatic rings. The van der Waals surface area contributed by atoms with Crippen LogP contribution in [0.2, 0.25) is 0 Å². The Morgan fingerprint density at radius 2 is 1.78 bits per heavy atom. The lowest BCUT2D eigenvalue weighted by Crippen LogP contribution is -2.25. The van der Waals surface area contributed by atoms with Crippen molar-refractivity contribution in [2.75, 3.05) is 6.54 Å². The molecule has 0 bridgehead atoms. The molecule has 0 radical (unpaired) electrons. The molecule has 140 valence electrons. The van der Waals surface area contributed by atoms with E-state index in [0.717, 1.165) is 28.5 Å². The first-order valence-corrected chi connectivity index (χ1v) is 8.16. The van der Waals surface area contributed by atoms with Crippen LogP contribution in [-0.2, 0) is 6.42 Å². The van der Waals surface area contributed by atoms with Crippen molar-refractivity contribution in [2.45, 2.75) is 12.8 Å². The minimum atomic E-state index is -4.77. The minimum absolute atomic E-state index is 0.167. The molecular formula is C20H16F3NO3. The van der Waals surface area contributed by atoms with E-state index in [9.17, 15) is 23.1 Å². The number of phenols is 1. The van der Waals surface area contributed by atoms with Crippen molar-refractivity contribution in [1.29, 1.82) is 0 Å². The van der Waals surface area contributed by atoms with Crippen molar-refractivity contribution < 1.29 is 27.8 Å². The Kier molecular flexibility index (Phi) is 5.21. The van der Waals surface area contributed by atoms with Crippen LogP contribution in [0, 0.1) is 0 Å². The van der Waals surface area contributed by atoms with Crippen molar-refractivity contribution in [3.8, 4) is 11.5 Å². The van der Waals surface area contributed by atoms with Gasteiger partial charge in [0.05, 0.1) is 0 Å². The fraction of sp³-hybridized carbons (Fsp3) is 0.150. The summed E-state index contributed by atoms with van der Waals surface area (Å²) in [5, 5.41) is 14.3. The molecule has 0 heterocycles. The predicted octanol–water partition coefficient (Wildman–Crippen LogP) is 4.42. The van der Waals surface area contributed by atoms with Crippen molar-refractivity contribution in [3.63, 3.8) is 0 Å². The molecule has 3 aromatic carbocycles. The third-order valence-corrected chi connectivity index (χ3v) is 3.99. The molecule has 1 amide bonds. The number of nitrogens with one attached hydrogen (secondary N) is 1. The van der Waals surface area contributed by atoms with E-state index in [1.165, 1.54) is 12.1 Å². The van der Waals surface area contributed by atoms with Gasteiger partial charge < -0.3 is 15.2 Å². The summed E-state index contributed by atoms with van der Waals surface area (Å²) in [6, 6.07) is 15.6. The first kappa shape index (κ1) is 18.6. The van der Waals surface area contributed by atoms with E-state index in [4.69, 9.17) is 0 Å². The molecule has 0 unspecified atom stereocenters. The Morgan fingerprint density at radius 3 is 2.48 bits per heavy atom. The van der Waals surface area contributed by atoms with Gasteiger partial charge in [-0.15, -0.1) is 13.2 Å². The zero-order chi connectivity index (χ0) is 19.4. The van der Waals surface area contributed by atoms with E-state index in [2.05, 4.69) is 10.1 Å². The lowest BCUT2D eigenvalue weighted by molar-refractivity contribution is -0.274. The highest BCUT2D eigenvalue weighted by Gasteiger charge is 2.31. The van der Waals surface area contributed by atoms with Crippen LogP contribution >= 0.6 is 0 Å². The fourth-order valence-corrected chi connectivity index (χ4v) is 2.76. The number of hydrogen-bond donors (Lipinski definition) is 2. The number of phenolic OH excluding ortho intramolecular Hbond substituents is 1.